The highest BCUT2D eigenvalue weighted by Gasteiger charge is 2.41. The van der Waals surface area contributed by atoms with Crippen LogP contribution in [0.25, 0.3) is 0 Å². The number of amides is 1. The zero-order valence-corrected chi connectivity index (χ0v) is 11.5. The lowest BCUT2D eigenvalue weighted by Gasteiger charge is -2.26. The summed E-state index contributed by atoms with van der Waals surface area (Å²) in [6.45, 7) is 2.01. The van der Waals surface area contributed by atoms with E-state index in [1.165, 1.54) is 18.9 Å². The molecule has 1 atom stereocenters. The van der Waals surface area contributed by atoms with Gasteiger partial charge in [-0.25, -0.2) is 0 Å². The molecule has 1 aliphatic heterocycles. The Morgan fingerprint density at radius 3 is 2.55 bits per heavy atom. The lowest BCUT2D eigenvalue weighted by Crippen LogP contribution is -2.33. The van der Waals surface area contributed by atoms with Gasteiger partial charge in [0.2, 0.25) is 0 Å². The summed E-state index contributed by atoms with van der Waals surface area (Å²) in [5, 5.41) is 9.96. The van der Waals surface area contributed by atoms with Gasteiger partial charge in [0.05, 0.1) is 18.2 Å². The molecule has 1 amide bonds. The lowest BCUT2D eigenvalue weighted by atomic mass is 9.97. The highest BCUT2D eigenvalue weighted by atomic mass is 16.5. The minimum atomic E-state index is -0.545. The molecule has 1 heterocycles. The number of rotatable bonds is 5. The molecule has 0 fully saturated rings. The van der Waals surface area contributed by atoms with E-state index in [1.807, 2.05) is 30.3 Å². The standard InChI is InChI=1S/C15H17NO4/c1-10(17)12-13(11-6-4-3-5-7-11)16(8-9-20-2)15(19)14(12)18/h3-7,13,18H,8-9H2,1-2H3/t13-/m0/s1. The van der Waals surface area contributed by atoms with Crippen LogP contribution in [0.1, 0.15) is 18.5 Å². The van der Waals surface area contributed by atoms with E-state index in [-0.39, 0.29) is 11.4 Å². The molecule has 0 radical (unpaired) electrons. The van der Waals surface area contributed by atoms with Gasteiger partial charge in [0.1, 0.15) is 0 Å². The molecular weight excluding hydrogens is 258 g/mol. The van der Waals surface area contributed by atoms with Crippen LogP contribution in [0.3, 0.4) is 0 Å². The third-order valence-electron chi connectivity index (χ3n) is 3.33. The largest absolute Gasteiger partial charge is 0.503 e. The topological polar surface area (TPSA) is 66.8 Å². The van der Waals surface area contributed by atoms with Crippen molar-refractivity contribution in [2.24, 2.45) is 0 Å². The first-order valence-electron chi connectivity index (χ1n) is 6.36. The second-order valence-electron chi connectivity index (χ2n) is 4.62. The number of hydrogen-bond donors (Lipinski definition) is 1. The molecule has 1 aromatic rings. The minimum absolute atomic E-state index is 0.150. The Morgan fingerprint density at radius 1 is 1.35 bits per heavy atom. The number of aliphatic hydroxyl groups excluding tert-OH is 1. The van der Waals surface area contributed by atoms with Crippen LogP contribution in [0.5, 0.6) is 0 Å². The van der Waals surface area contributed by atoms with E-state index in [9.17, 15) is 14.7 Å². The Kier molecular flexibility index (Phi) is 4.20. The van der Waals surface area contributed by atoms with Crippen molar-refractivity contribution >= 4 is 11.7 Å². The zero-order chi connectivity index (χ0) is 14.7. The molecule has 0 spiro atoms. The van der Waals surface area contributed by atoms with Crippen LogP contribution in [0.15, 0.2) is 41.7 Å². The van der Waals surface area contributed by atoms with E-state index in [2.05, 4.69) is 0 Å². The number of nitrogens with zero attached hydrogens (tertiary/aromatic N) is 1. The van der Waals surface area contributed by atoms with Crippen molar-refractivity contribution in [1.29, 1.82) is 0 Å². The molecule has 5 heteroatoms. The molecule has 2 rings (SSSR count). The zero-order valence-electron chi connectivity index (χ0n) is 11.5. The van der Waals surface area contributed by atoms with Crippen LogP contribution < -0.4 is 0 Å². The van der Waals surface area contributed by atoms with Crippen LogP contribution in [0, 0.1) is 0 Å². The van der Waals surface area contributed by atoms with Crippen LogP contribution in [-0.4, -0.2) is 42.0 Å². The number of benzene rings is 1. The Morgan fingerprint density at radius 2 is 2.00 bits per heavy atom. The molecule has 1 N–H and O–H groups in total. The van der Waals surface area contributed by atoms with Gasteiger partial charge in [-0.3, -0.25) is 9.59 Å². The normalized spacial score (nSPS) is 18.8. The summed E-state index contributed by atoms with van der Waals surface area (Å²) in [7, 11) is 1.54. The minimum Gasteiger partial charge on any atom is -0.503 e. The summed E-state index contributed by atoms with van der Waals surface area (Å²) in [6.07, 6.45) is 0. The number of Topliss-reactive ketones (excluding diaryl/α,β-unsaturated/α-hetero) is 1. The highest BCUT2D eigenvalue weighted by molar-refractivity contribution is 6.08. The number of hydrogen-bond acceptors (Lipinski definition) is 4. The Bertz CT molecular complexity index is 550. The van der Waals surface area contributed by atoms with Crippen molar-refractivity contribution in [3.05, 3.63) is 47.2 Å². The molecule has 1 aromatic carbocycles. The summed E-state index contributed by atoms with van der Waals surface area (Å²) < 4.78 is 4.99. The molecule has 0 unspecified atom stereocenters. The average molecular weight is 275 g/mol. The summed E-state index contributed by atoms with van der Waals surface area (Å²) in [5.41, 5.74) is 0.948. The fraction of sp³-hybridized carbons (Fsp3) is 0.333. The van der Waals surface area contributed by atoms with Gasteiger partial charge in [0, 0.05) is 13.7 Å². The quantitative estimate of drug-likeness (QED) is 0.886. The summed E-state index contributed by atoms with van der Waals surface area (Å²) in [4.78, 5) is 25.4. The van der Waals surface area contributed by atoms with Crippen LogP contribution in [0.4, 0.5) is 0 Å². The molecule has 0 bridgehead atoms. The average Bonchev–Trinajstić information content (AvgIpc) is 2.70. The van der Waals surface area contributed by atoms with Gasteiger partial charge < -0.3 is 14.7 Å². The van der Waals surface area contributed by atoms with Crippen molar-refractivity contribution in [3.63, 3.8) is 0 Å². The number of ketones is 1. The van der Waals surface area contributed by atoms with Crippen molar-refractivity contribution < 1.29 is 19.4 Å². The second-order valence-corrected chi connectivity index (χ2v) is 4.62. The molecule has 5 nitrogen and oxygen atoms in total. The maximum Gasteiger partial charge on any atom is 0.290 e. The van der Waals surface area contributed by atoms with Gasteiger partial charge in [-0.1, -0.05) is 30.3 Å². The first-order valence-corrected chi connectivity index (χ1v) is 6.36. The summed E-state index contributed by atoms with van der Waals surface area (Å²) in [5.74, 6) is -1.28. The third kappa shape index (κ3) is 2.44. The first kappa shape index (κ1) is 14.3. The lowest BCUT2D eigenvalue weighted by molar-refractivity contribution is -0.130. The fourth-order valence-corrected chi connectivity index (χ4v) is 2.42. The van der Waals surface area contributed by atoms with Crippen molar-refractivity contribution in [2.45, 2.75) is 13.0 Å². The van der Waals surface area contributed by atoms with E-state index >= 15 is 0 Å². The smallest absolute Gasteiger partial charge is 0.290 e. The number of aliphatic hydroxyl groups is 1. The second kappa shape index (κ2) is 5.88. The van der Waals surface area contributed by atoms with Gasteiger partial charge in [-0.15, -0.1) is 0 Å². The first-order chi connectivity index (χ1) is 9.57. The van der Waals surface area contributed by atoms with E-state index in [0.29, 0.717) is 13.2 Å². The number of methoxy groups -OCH3 is 1. The molecule has 1 aliphatic rings. The SMILES string of the molecule is COCCN1C(=O)C(O)=C(C(C)=O)[C@@H]1c1ccccc1. The summed E-state index contributed by atoms with van der Waals surface area (Å²) >= 11 is 0. The predicted octanol–water partition coefficient (Wildman–Crippen LogP) is 1.62. The Balaban J connectivity index is 2.45. The van der Waals surface area contributed by atoms with Crippen LogP contribution in [0.2, 0.25) is 0 Å². The van der Waals surface area contributed by atoms with Gasteiger partial charge in [0.15, 0.2) is 11.5 Å². The van der Waals surface area contributed by atoms with Gasteiger partial charge in [-0.05, 0) is 12.5 Å². The van der Waals surface area contributed by atoms with E-state index in [0.717, 1.165) is 5.56 Å². The highest BCUT2D eigenvalue weighted by Crippen LogP contribution is 2.37. The number of carbonyl (C=O) groups is 2. The molecule has 0 saturated carbocycles. The maximum atomic E-state index is 12.1. The van der Waals surface area contributed by atoms with Gasteiger partial charge in [-0.2, -0.15) is 0 Å². The molecular formula is C15H17NO4. The van der Waals surface area contributed by atoms with Crippen molar-refractivity contribution in [3.8, 4) is 0 Å². The van der Waals surface area contributed by atoms with Crippen LogP contribution >= 0.6 is 0 Å². The molecule has 0 aliphatic carbocycles. The number of ether oxygens (including phenoxy) is 1. The monoisotopic (exact) mass is 275 g/mol. The van der Waals surface area contributed by atoms with Gasteiger partial charge >= 0.3 is 0 Å². The summed E-state index contributed by atoms with van der Waals surface area (Å²) in [6, 6.07) is 8.65. The third-order valence-corrected chi connectivity index (χ3v) is 3.33. The molecule has 106 valence electrons. The molecule has 20 heavy (non-hydrogen) atoms. The van der Waals surface area contributed by atoms with E-state index in [1.54, 1.807) is 0 Å². The van der Waals surface area contributed by atoms with Crippen LogP contribution in [-0.2, 0) is 14.3 Å². The Hall–Kier alpha value is -2.14. The maximum absolute atomic E-state index is 12.1. The Labute approximate surface area is 117 Å². The van der Waals surface area contributed by atoms with Crippen molar-refractivity contribution in [1.82, 2.24) is 4.90 Å². The van der Waals surface area contributed by atoms with Gasteiger partial charge in [0.25, 0.3) is 5.91 Å². The van der Waals surface area contributed by atoms with E-state index < -0.39 is 17.7 Å². The number of carbonyl (C=O) groups excluding carboxylic acids is 2. The molecule has 0 saturated heterocycles. The fourth-order valence-electron chi connectivity index (χ4n) is 2.42. The predicted molar refractivity (Wildman–Crippen MR) is 73.1 cm³/mol. The van der Waals surface area contributed by atoms with Crippen molar-refractivity contribution in [2.75, 3.05) is 20.3 Å². The van der Waals surface area contributed by atoms with E-state index in [4.69, 9.17) is 4.74 Å². The molecule has 0 aromatic heterocycles.